The van der Waals surface area contributed by atoms with Crippen LogP contribution in [0.25, 0.3) is 0 Å². The van der Waals surface area contributed by atoms with Gasteiger partial charge in [0.1, 0.15) is 0 Å². The zero-order valence-electron chi connectivity index (χ0n) is 7.18. The molecular formula is C8H16N2. The van der Waals surface area contributed by atoms with Crippen LogP contribution in [0.1, 0.15) is 20.8 Å². The van der Waals surface area contributed by atoms with Crippen molar-refractivity contribution in [3.63, 3.8) is 0 Å². The fourth-order valence-electron chi connectivity index (χ4n) is 1.00. The second-order valence-corrected chi connectivity index (χ2v) is 3.93. The summed E-state index contributed by atoms with van der Waals surface area (Å²) in [6.45, 7) is 6.69. The Hall–Kier alpha value is -0.500. The van der Waals surface area contributed by atoms with E-state index in [0.29, 0.717) is 11.5 Å². The van der Waals surface area contributed by atoms with Crippen molar-refractivity contribution in [2.24, 2.45) is 5.41 Å². The van der Waals surface area contributed by atoms with E-state index in [-0.39, 0.29) is 0 Å². The van der Waals surface area contributed by atoms with Gasteiger partial charge in [-0.2, -0.15) is 0 Å². The van der Waals surface area contributed by atoms with Gasteiger partial charge < -0.3 is 5.01 Å². The molecule has 2 nitrogen and oxygen atoms in total. The number of hydrogen-bond acceptors (Lipinski definition) is 2. The Morgan fingerprint density at radius 3 is 2.20 bits per heavy atom. The first-order chi connectivity index (χ1) is 4.50. The van der Waals surface area contributed by atoms with Gasteiger partial charge in [0.05, 0.1) is 6.04 Å². The summed E-state index contributed by atoms with van der Waals surface area (Å²) in [5.74, 6) is 0. The second-order valence-electron chi connectivity index (χ2n) is 3.93. The lowest BCUT2D eigenvalue weighted by Crippen LogP contribution is -2.40. The van der Waals surface area contributed by atoms with Gasteiger partial charge in [0.15, 0.2) is 0 Å². The summed E-state index contributed by atoms with van der Waals surface area (Å²) in [5.41, 5.74) is 3.64. The third-order valence-corrected chi connectivity index (χ3v) is 1.78. The molecule has 0 saturated carbocycles. The molecule has 1 aliphatic heterocycles. The second kappa shape index (κ2) is 2.27. The Labute approximate surface area is 62.9 Å². The Bertz CT molecular complexity index is 144. The molecule has 0 spiro atoms. The highest BCUT2D eigenvalue weighted by atomic mass is 15.5. The summed E-state index contributed by atoms with van der Waals surface area (Å²) in [6.07, 6.45) is 4.26. The minimum Gasteiger partial charge on any atom is -0.318 e. The predicted octanol–water partition coefficient (Wildman–Crippen LogP) is 1.36. The number of rotatable bonds is 0. The fraction of sp³-hybridized carbons (Fsp3) is 0.750. The molecule has 0 amide bonds. The van der Waals surface area contributed by atoms with E-state index in [2.05, 4.69) is 38.5 Å². The smallest absolute Gasteiger partial charge is 0.0508 e. The summed E-state index contributed by atoms with van der Waals surface area (Å²) >= 11 is 0. The zero-order valence-corrected chi connectivity index (χ0v) is 7.18. The average molecular weight is 140 g/mol. The molecule has 1 heterocycles. The lowest BCUT2D eigenvalue weighted by Gasteiger charge is -2.27. The van der Waals surface area contributed by atoms with Crippen LogP contribution in [0.4, 0.5) is 0 Å². The molecule has 2 heteroatoms. The van der Waals surface area contributed by atoms with Crippen LogP contribution in [0, 0.1) is 5.41 Å². The molecule has 1 unspecified atom stereocenters. The molecule has 1 N–H and O–H groups in total. The Balaban J connectivity index is 2.55. The van der Waals surface area contributed by atoms with Crippen molar-refractivity contribution in [3.05, 3.63) is 12.3 Å². The molecule has 1 aliphatic rings. The van der Waals surface area contributed by atoms with E-state index in [0.717, 1.165) is 0 Å². The van der Waals surface area contributed by atoms with Gasteiger partial charge in [-0.3, -0.25) is 0 Å². The van der Waals surface area contributed by atoms with Gasteiger partial charge in [0, 0.05) is 13.2 Å². The molecule has 1 rings (SSSR count). The largest absolute Gasteiger partial charge is 0.318 e. The van der Waals surface area contributed by atoms with Gasteiger partial charge in [-0.15, -0.1) is 0 Å². The van der Waals surface area contributed by atoms with Crippen molar-refractivity contribution in [2.45, 2.75) is 26.8 Å². The van der Waals surface area contributed by atoms with E-state index >= 15 is 0 Å². The molecule has 0 aromatic carbocycles. The molecule has 0 aromatic heterocycles. The lowest BCUT2D eigenvalue weighted by atomic mass is 9.88. The van der Waals surface area contributed by atoms with Gasteiger partial charge in [-0.1, -0.05) is 20.8 Å². The standard InChI is InChI=1S/C8H16N2/c1-8(2,3)7-5-6-10(4)9-7/h5-7,9H,1-4H3. The Kier molecular flexibility index (Phi) is 1.73. The molecule has 0 radical (unpaired) electrons. The summed E-state index contributed by atoms with van der Waals surface area (Å²) in [5, 5.41) is 2.00. The third kappa shape index (κ3) is 1.51. The van der Waals surface area contributed by atoms with E-state index in [4.69, 9.17) is 0 Å². The van der Waals surface area contributed by atoms with Crippen LogP contribution < -0.4 is 5.43 Å². The van der Waals surface area contributed by atoms with Crippen LogP contribution in [-0.4, -0.2) is 18.1 Å². The van der Waals surface area contributed by atoms with Gasteiger partial charge in [0.2, 0.25) is 0 Å². The first-order valence-electron chi connectivity index (χ1n) is 3.67. The summed E-state index contributed by atoms with van der Waals surface area (Å²) < 4.78 is 0. The minimum atomic E-state index is 0.321. The highest BCUT2D eigenvalue weighted by Crippen LogP contribution is 2.22. The molecule has 10 heavy (non-hydrogen) atoms. The maximum atomic E-state index is 3.32. The van der Waals surface area contributed by atoms with Gasteiger partial charge in [0.25, 0.3) is 0 Å². The number of nitrogens with zero attached hydrogens (tertiary/aromatic N) is 1. The number of hydrogen-bond donors (Lipinski definition) is 1. The van der Waals surface area contributed by atoms with Gasteiger partial charge >= 0.3 is 0 Å². The monoisotopic (exact) mass is 140 g/mol. The number of hydrazine groups is 1. The van der Waals surface area contributed by atoms with Crippen LogP contribution in [0.15, 0.2) is 12.3 Å². The zero-order chi connectivity index (χ0) is 7.78. The lowest BCUT2D eigenvalue weighted by molar-refractivity contribution is 0.233. The first kappa shape index (κ1) is 7.61. The topological polar surface area (TPSA) is 15.3 Å². The van der Waals surface area contributed by atoms with Crippen molar-refractivity contribution in [2.75, 3.05) is 7.05 Å². The number of nitrogens with one attached hydrogen (secondary N) is 1. The minimum absolute atomic E-state index is 0.321. The Morgan fingerprint density at radius 2 is 2.00 bits per heavy atom. The summed E-state index contributed by atoms with van der Waals surface area (Å²) in [7, 11) is 2.02. The maximum absolute atomic E-state index is 3.32. The first-order valence-corrected chi connectivity index (χ1v) is 3.67. The van der Waals surface area contributed by atoms with Crippen LogP contribution in [0.5, 0.6) is 0 Å². The van der Waals surface area contributed by atoms with Gasteiger partial charge in [-0.05, 0) is 11.5 Å². The van der Waals surface area contributed by atoms with Crippen LogP contribution in [0.2, 0.25) is 0 Å². The van der Waals surface area contributed by atoms with Crippen LogP contribution >= 0.6 is 0 Å². The van der Waals surface area contributed by atoms with E-state index in [1.165, 1.54) is 0 Å². The molecule has 0 bridgehead atoms. The van der Waals surface area contributed by atoms with Crippen LogP contribution in [0.3, 0.4) is 0 Å². The fourth-order valence-corrected chi connectivity index (χ4v) is 1.00. The third-order valence-electron chi connectivity index (χ3n) is 1.78. The van der Waals surface area contributed by atoms with E-state index in [1.807, 2.05) is 12.1 Å². The Morgan fingerprint density at radius 1 is 1.40 bits per heavy atom. The van der Waals surface area contributed by atoms with Crippen molar-refractivity contribution in [3.8, 4) is 0 Å². The van der Waals surface area contributed by atoms with E-state index in [1.54, 1.807) is 0 Å². The highest BCUT2D eigenvalue weighted by Gasteiger charge is 2.25. The van der Waals surface area contributed by atoms with Crippen molar-refractivity contribution < 1.29 is 0 Å². The van der Waals surface area contributed by atoms with Gasteiger partial charge in [-0.25, -0.2) is 5.43 Å². The summed E-state index contributed by atoms with van der Waals surface area (Å²) in [6, 6.07) is 0.484. The molecular weight excluding hydrogens is 124 g/mol. The SMILES string of the molecule is CN1C=CC(C(C)(C)C)N1. The van der Waals surface area contributed by atoms with E-state index in [9.17, 15) is 0 Å². The maximum Gasteiger partial charge on any atom is 0.0508 e. The predicted molar refractivity (Wildman–Crippen MR) is 43.3 cm³/mol. The molecule has 1 atom stereocenters. The quantitative estimate of drug-likeness (QED) is 0.546. The molecule has 58 valence electrons. The molecule has 0 saturated heterocycles. The molecule has 0 fully saturated rings. The van der Waals surface area contributed by atoms with Crippen molar-refractivity contribution in [1.82, 2.24) is 10.4 Å². The summed E-state index contributed by atoms with van der Waals surface area (Å²) in [4.78, 5) is 0. The van der Waals surface area contributed by atoms with Crippen molar-refractivity contribution in [1.29, 1.82) is 0 Å². The normalized spacial score (nSPS) is 26.0. The van der Waals surface area contributed by atoms with Crippen LogP contribution in [-0.2, 0) is 0 Å². The average Bonchev–Trinajstić information content (AvgIpc) is 2.11. The van der Waals surface area contributed by atoms with Crippen molar-refractivity contribution >= 4 is 0 Å². The molecule has 0 aromatic rings. The molecule has 0 aliphatic carbocycles. The van der Waals surface area contributed by atoms with E-state index < -0.39 is 0 Å². The highest BCUT2D eigenvalue weighted by molar-refractivity contribution is 5.02.